The zero-order valence-corrected chi connectivity index (χ0v) is 14.6. The Kier molecular flexibility index (Phi) is 4.73. The number of hydrogen-bond acceptors (Lipinski definition) is 3. The van der Waals surface area contributed by atoms with Crippen molar-refractivity contribution in [1.29, 1.82) is 0 Å². The van der Waals surface area contributed by atoms with E-state index >= 15 is 0 Å². The number of H-pyrrole nitrogens is 1. The molecule has 0 aliphatic carbocycles. The van der Waals surface area contributed by atoms with Gasteiger partial charge in [-0.25, -0.2) is 0 Å². The molecular formula is C21H23N3O2. The van der Waals surface area contributed by atoms with Crippen molar-refractivity contribution < 1.29 is 9.90 Å². The first-order valence-corrected chi connectivity index (χ1v) is 9.01. The zero-order valence-electron chi connectivity index (χ0n) is 14.6. The summed E-state index contributed by atoms with van der Waals surface area (Å²) in [7, 11) is 0. The third kappa shape index (κ3) is 3.64. The lowest BCUT2D eigenvalue weighted by Crippen LogP contribution is -2.25. The highest BCUT2D eigenvalue weighted by atomic mass is 16.3. The van der Waals surface area contributed by atoms with Gasteiger partial charge in [-0.1, -0.05) is 30.3 Å². The van der Waals surface area contributed by atoms with Crippen molar-refractivity contribution in [2.45, 2.75) is 25.6 Å². The van der Waals surface area contributed by atoms with Gasteiger partial charge >= 0.3 is 0 Å². The van der Waals surface area contributed by atoms with Crippen molar-refractivity contribution in [3.05, 3.63) is 71.4 Å². The third-order valence-electron chi connectivity index (χ3n) is 5.02. The zero-order chi connectivity index (χ0) is 17.9. The van der Waals surface area contributed by atoms with Crippen LogP contribution < -0.4 is 5.32 Å². The Bertz CT molecular complexity index is 918. The van der Waals surface area contributed by atoms with E-state index in [1.165, 1.54) is 5.56 Å². The average molecular weight is 349 g/mol. The molecule has 1 saturated heterocycles. The van der Waals surface area contributed by atoms with Gasteiger partial charge in [0.2, 0.25) is 0 Å². The van der Waals surface area contributed by atoms with E-state index in [0.29, 0.717) is 12.1 Å². The average Bonchev–Trinajstić information content (AvgIpc) is 3.28. The van der Waals surface area contributed by atoms with Crippen LogP contribution in [0.15, 0.2) is 54.7 Å². The molecule has 1 aromatic heterocycles. The molecular weight excluding hydrogens is 326 g/mol. The molecule has 2 heterocycles. The number of hydrogen-bond donors (Lipinski definition) is 3. The largest absolute Gasteiger partial charge is 0.392 e. The molecule has 5 heteroatoms. The molecule has 134 valence electrons. The van der Waals surface area contributed by atoms with E-state index < -0.39 is 0 Å². The van der Waals surface area contributed by atoms with Crippen LogP contribution in [0.2, 0.25) is 0 Å². The number of aliphatic hydroxyl groups excluding tert-OH is 1. The first-order valence-electron chi connectivity index (χ1n) is 9.01. The molecule has 1 atom stereocenters. The maximum Gasteiger partial charge on any atom is 0.251 e. The summed E-state index contributed by atoms with van der Waals surface area (Å²) in [6.45, 7) is 2.93. The van der Waals surface area contributed by atoms with Crippen LogP contribution in [0.25, 0.3) is 10.9 Å². The predicted octanol–water partition coefficient (Wildman–Crippen LogP) is 2.66. The van der Waals surface area contributed by atoms with E-state index in [2.05, 4.69) is 27.3 Å². The number of nitrogens with zero attached hydrogens (tertiary/aromatic N) is 1. The first kappa shape index (κ1) is 16.8. The van der Waals surface area contributed by atoms with Crippen LogP contribution >= 0.6 is 0 Å². The van der Waals surface area contributed by atoms with Gasteiger partial charge in [0.15, 0.2) is 0 Å². The number of likely N-dealkylation sites (tertiary alicyclic amines) is 1. The fraction of sp³-hybridized carbons (Fsp3) is 0.286. The topological polar surface area (TPSA) is 68.4 Å². The van der Waals surface area contributed by atoms with Crippen molar-refractivity contribution in [3.8, 4) is 0 Å². The summed E-state index contributed by atoms with van der Waals surface area (Å²) in [5, 5.41) is 13.8. The molecule has 1 fully saturated rings. The van der Waals surface area contributed by atoms with Crippen molar-refractivity contribution >= 4 is 16.8 Å². The monoisotopic (exact) mass is 349 g/mol. The number of benzene rings is 2. The van der Waals surface area contributed by atoms with Crippen LogP contribution in [-0.4, -0.2) is 40.1 Å². The predicted molar refractivity (Wildman–Crippen MR) is 102 cm³/mol. The molecule has 0 bridgehead atoms. The van der Waals surface area contributed by atoms with Gasteiger partial charge < -0.3 is 15.4 Å². The minimum absolute atomic E-state index is 0.0760. The van der Waals surface area contributed by atoms with Crippen LogP contribution in [-0.2, 0) is 13.1 Å². The van der Waals surface area contributed by atoms with E-state index in [1.807, 2.05) is 42.6 Å². The molecule has 1 aliphatic heterocycles. The second-order valence-electron chi connectivity index (χ2n) is 6.91. The summed E-state index contributed by atoms with van der Waals surface area (Å²) in [5.41, 5.74) is 3.93. The number of carbonyl (C=O) groups is 1. The number of fused-ring (bicyclic) bond motifs is 1. The number of aliphatic hydroxyl groups is 1. The number of aromatic nitrogens is 1. The molecule has 0 saturated carbocycles. The Morgan fingerprint density at radius 2 is 2.04 bits per heavy atom. The molecule has 1 aliphatic rings. The number of β-amino-alcohol motifs (C(OH)–C–C–N with tert-alkyl or cyclic N) is 1. The Hall–Kier alpha value is -2.63. The summed E-state index contributed by atoms with van der Waals surface area (Å²) in [6, 6.07) is 15.8. The first-order chi connectivity index (χ1) is 12.7. The van der Waals surface area contributed by atoms with Crippen LogP contribution in [0.4, 0.5) is 0 Å². The van der Waals surface area contributed by atoms with Gasteiger partial charge in [-0.15, -0.1) is 0 Å². The van der Waals surface area contributed by atoms with E-state index in [0.717, 1.165) is 42.5 Å². The second-order valence-corrected chi connectivity index (χ2v) is 6.91. The highest BCUT2D eigenvalue weighted by molar-refractivity contribution is 5.97. The van der Waals surface area contributed by atoms with Crippen molar-refractivity contribution in [2.24, 2.45) is 0 Å². The molecule has 1 amide bonds. The minimum Gasteiger partial charge on any atom is -0.392 e. The standard InChI is InChI=1S/C21H23N3O2/c25-19-8-10-24(14-19)13-18-4-2-1-3-17(18)12-23-21(26)16-6-5-15-7-9-22-20(15)11-16/h1-7,9,11,19,22,25H,8,10,12-14H2,(H,23,26). The highest BCUT2D eigenvalue weighted by Gasteiger charge is 2.20. The molecule has 5 nitrogen and oxygen atoms in total. The highest BCUT2D eigenvalue weighted by Crippen LogP contribution is 2.17. The summed E-state index contributed by atoms with van der Waals surface area (Å²) in [5.74, 6) is -0.0760. The molecule has 2 aromatic carbocycles. The summed E-state index contributed by atoms with van der Waals surface area (Å²) >= 11 is 0. The lowest BCUT2D eigenvalue weighted by molar-refractivity contribution is 0.0951. The van der Waals surface area contributed by atoms with Crippen LogP contribution in [0, 0.1) is 0 Å². The maximum atomic E-state index is 12.5. The summed E-state index contributed by atoms with van der Waals surface area (Å²) < 4.78 is 0. The summed E-state index contributed by atoms with van der Waals surface area (Å²) in [4.78, 5) is 17.9. The van der Waals surface area contributed by atoms with Crippen molar-refractivity contribution in [3.63, 3.8) is 0 Å². The Morgan fingerprint density at radius 3 is 2.85 bits per heavy atom. The lowest BCUT2D eigenvalue weighted by Gasteiger charge is -2.18. The number of rotatable bonds is 5. The van der Waals surface area contributed by atoms with Crippen LogP contribution in [0.3, 0.4) is 0 Å². The second kappa shape index (κ2) is 7.32. The van der Waals surface area contributed by atoms with Crippen LogP contribution in [0.5, 0.6) is 0 Å². The molecule has 1 unspecified atom stereocenters. The van der Waals surface area contributed by atoms with Gasteiger partial charge in [0, 0.05) is 43.5 Å². The van der Waals surface area contributed by atoms with E-state index in [4.69, 9.17) is 0 Å². The number of aromatic amines is 1. The number of nitrogens with one attached hydrogen (secondary N) is 2. The van der Waals surface area contributed by atoms with Gasteiger partial charge in [0.05, 0.1) is 6.10 Å². The van der Waals surface area contributed by atoms with E-state index in [-0.39, 0.29) is 12.0 Å². The minimum atomic E-state index is -0.218. The molecule has 3 aromatic rings. The number of amides is 1. The Balaban J connectivity index is 1.43. The number of carbonyl (C=O) groups excluding carboxylic acids is 1. The van der Waals surface area contributed by atoms with Crippen molar-refractivity contribution in [1.82, 2.24) is 15.2 Å². The van der Waals surface area contributed by atoms with Gasteiger partial charge in [-0.2, -0.15) is 0 Å². The SMILES string of the molecule is O=C(NCc1ccccc1CN1CCC(O)C1)c1ccc2cc[nH]c2c1. The van der Waals surface area contributed by atoms with Crippen LogP contribution in [0.1, 0.15) is 27.9 Å². The molecule has 26 heavy (non-hydrogen) atoms. The fourth-order valence-electron chi connectivity index (χ4n) is 3.55. The Labute approximate surface area is 152 Å². The third-order valence-corrected chi connectivity index (χ3v) is 5.02. The molecule has 3 N–H and O–H groups in total. The smallest absolute Gasteiger partial charge is 0.251 e. The van der Waals surface area contributed by atoms with E-state index in [1.54, 1.807) is 0 Å². The Morgan fingerprint density at radius 1 is 1.19 bits per heavy atom. The van der Waals surface area contributed by atoms with Crippen molar-refractivity contribution in [2.75, 3.05) is 13.1 Å². The fourth-order valence-corrected chi connectivity index (χ4v) is 3.55. The molecule has 0 spiro atoms. The van der Waals surface area contributed by atoms with Gasteiger partial charge in [-0.3, -0.25) is 9.69 Å². The summed E-state index contributed by atoms with van der Waals surface area (Å²) in [6.07, 6.45) is 2.49. The van der Waals surface area contributed by atoms with E-state index in [9.17, 15) is 9.90 Å². The maximum absolute atomic E-state index is 12.5. The van der Waals surface area contributed by atoms with Gasteiger partial charge in [0.1, 0.15) is 0 Å². The lowest BCUT2D eigenvalue weighted by atomic mass is 10.1. The quantitative estimate of drug-likeness (QED) is 0.663. The molecule has 0 radical (unpaired) electrons. The van der Waals surface area contributed by atoms with Gasteiger partial charge in [-0.05, 0) is 41.1 Å². The normalized spacial score (nSPS) is 17.7. The molecule has 4 rings (SSSR count). The van der Waals surface area contributed by atoms with Gasteiger partial charge in [0.25, 0.3) is 5.91 Å².